The van der Waals surface area contributed by atoms with Gasteiger partial charge >= 0.3 is 5.97 Å². The number of rotatable bonds is 41. The van der Waals surface area contributed by atoms with Crippen molar-refractivity contribution in [1.82, 2.24) is 99.0 Å². The molecule has 0 aliphatic rings. The van der Waals surface area contributed by atoms with Gasteiger partial charge in [-0.25, -0.2) is 34.7 Å². The minimum absolute atomic E-state index is 0.00858. The summed E-state index contributed by atoms with van der Waals surface area (Å²) in [5, 5.41) is 56.4. The number of hydrogen-bond donors (Lipinski definition) is 15. The number of carboxylic acids is 1. The van der Waals surface area contributed by atoms with Crippen LogP contribution >= 0.6 is 22.7 Å². The van der Waals surface area contributed by atoms with Crippen LogP contribution in [0.2, 0.25) is 0 Å². The average molecular weight is 1610 g/mol. The maximum Gasteiger partial charge on any atom is 0.326 e. The smallest absolute Gasteiger partial charge is 0.326 e. The van der Waals surface area contributed by atoms with Gasteiger partial charge in [0.1, 0.15) is 87.2 Å². The highest BCUT2D eigenvalue weighted by Gasteiger charge is 2.36. The van der Waals surface area contributed by atoms with Gasteiger partial charge in [-0.3, -0.25) is 62.3 Å². The second-order valence-electron chi connectivity index (χ2n) is 28.0. The van der Waals surface area contributed by atoms with Crippen molar-refractivity contribution in [3.63, 3.8) is 0 Å². The zero-order valence-electron chi connectivity index (χ0n) is 65.3. The highest BCUT2D eigenvalue weighted by atomic mass is 32.1. The number of carboxylic acid groups (broad SMARTS) is 1. The van der Waals surface area contributed by atoms with E-state index in [1.807, 2.05) is 20.8 Å². The van der Waals surface area contributed by atoms with Crippen molar-refractivity contribution in [2.45, 2.75) is 191 Å². The molecule has 0 fully saturated rings. The van der Waals surface area contributed by atoms with Gasteiger partial charge in [0.25, 0.3) is 35.4 Å². The Kier molecular flexibility index (Phi) is 32.6. The van der Waals surface area contributed by atoms with E-state index in [1.54, 1.807) is 55.4 Å². The number of nitrogens with one attached hydrogen (secondary N) is 13. The summed E-state index contributed by atoms with van der Waals surface area (Å²) >= 11 is 2.08. The third-order valence-electron chi connectivity index (χ3n) is 16.9. The number of carbonyl (C=O) groups excluding carboxylic acids is 13. The Morgan fingerprint density at radius 2 is 1.05 bits per heavy atom. The number of aliphatic hydroxyl groups is 1. The van der Waals surface area contributed by atoms with Crippen molar-refractivity contribution in [2.24, 2.45) is 29.6 Å². The van der Waals surface area contributed by atoms with Gasteiger partial charge in [-0.15, -0.1) is 22.7 Å². The van der Waals surface area contributed by atoms with Crippen molar-refractivity contribution in [1.29, 1.82) is 0 Å². The normalized spacial score (nSPS) is 13.7. The number of aryl methyl sites for hydroxylation is 3. The number of aliphatic carboxylic acids is 1. The topological polar surface area (TPSA) is 566 Å². The van der Waals surface area contributed by atoms with Gasteiger partial charge in [-0.2, -0.15) is 0 Å². The molecule has 6 aromatic rings. The summed E-state index contributed by atoms with van der Waals surface area (Å²) < 4.78 is 22.4. The molecule has 6 aromatic heterocycles. The van der Waals surface area contributed by atoms with E-state index in [9.17, 15) is 77.3 Å². The molecule has 6 rings (SSSR count). The van der Waals surface area contributed by atoms with Crippen LogP contribution in [-0.2, 0) is 51.4 Å². The minimum Gasteiger partial charge on any atom is -0.480 e. The minimum atomic E-state index is -1.58. The van der Waals surface area contributed by atoms with Crippen LogP contribution < -0.4 is 69.1 Å². The van der Waals surface area contributed by atoms with Crippen LogP contribution in [-0.4, -0.2) is 172 Å². The zero-order chi connectivity index (χ0) is 84.2. The highest BCUT2D eigenvalue weighted by molar-refractivity contribution is 7.10. The number of thiazole rings is 2. The van der Waals surface area contributed by atoms with E-state index in [0.29, 0.717) is 17.8 Å². The predicted octanol–water partition coefficient (Wildman–Crippen LogP) is 2.99. The summed E-state index contributed by atoms with van der Waals surface area (Å²) in [5.41, 5.74) is -1.40. The van der Waals surface area contributed by atoms with Gasteiger partial charge < -0.3 is 97.0 Å². The fourth-order valence-electron chi connectivity index (χ4n) is 10.7. The van der Waals surface area contributed by atoms with Crippen molar-refractivity contribution < 1.29 is 95.0 Å². The second-order valence-corrected chi connectivity index (χ2v) is 29.8. The number of hydrogen-bond acceptors (Lipinski definition) is 27. The number of carbonyl (C=O) groups is 14. The summed E-state index contributed by atoms with van der Waals surface area (Å²) in [6, 6.07) is -8.77. The van der Waals surface area contributed by atoms with Crippen LogP contribution in [0.5, 0.6) is 0 Å². The molecule has 39 nitrogen and oxygen atoms in total. The van der Waals surface area contributed by atoms with Gasteiger partial charge in [0.2, 0.25) is 64.9 Å². The van der Waals surface area contributed by atoms with Gasteiger partial charge in [0.15, 0.2) is 22.8 Å². The molecular weight excluding hydrogens is 1520 g/mol. The number of amides is 13. The fraction of sp³-hybridized carbons (Fsp3) is 0.500. The Hall–Kier alpha value is -11.9. The molecule has 0 radical (unpaired) electrons. The van der Waals surface area contributed by atoms with E-state index in [1.165, 1.54) is 45.4 Å². The van der Waals surface area contributed by atoms with Gasteiger partial charge in [0.05, 0.1) is 43.7 Å². The molecule has 41 heteroatoms. The van der Waals surface area contributed by atoms with E-state index in [-0.39, 0.29) is 129 Å². The largest absolute Gasteiger partial charge is 0.480 e. The summed E-state index contributed by atoms with van der Waals surface area (Å²) in [5.74, 6) is -12.6. The first-order valence-corrected chi connectivity index (χ1v) is 37.7. The summed E-state index contributed by atoms with van der Waals surface area (Å²) in [6.07, 6.45) is 1.82. The van der Waals surface area contributed by atoms with Crippen LogP contribution in [0.3, 0.4) is 0 Å². The van der Waals surface area contributed by atoms with Gasteiger partial charge in [-0.05, 0) is 77.0 Å². The molecular formula is C72H97N19O20S2. The Morgan fingerprint density at radius 3 is 1.67 bits per heavy atom. The molecule has 13 amide bonds. The SMILES string of the molecule is C=C(NC(=O)[C@H](CC(C)C)NC(=O)c1nc(CNC(=O)CNC(=O)[C@H](CO)NC(=O)c2csc([C@H](CC(C)C)NC(=O)[C@@H](NC(=O)c3nc(C(=C)NC(=O)[C@@H](NC(=O)c4nc([C@@H](C)NC(C)=O)oc4C)C(C)C)oc3C)[C@@H](C)CC)n2)oc1C)c1nc(C(=O)N[C@@H](C)C(=O)NCc2nc(C(=O)N[C@H](C(=O)O)C(C)C)cs2)co1. The highest BCUT2D eigenvalue weighted by Crippen LogP contribution is 2.27. The van der Waals surface area contributed by atoms with Crippen molar-refractivity contribution in [2.75, 3.05) is 13.2 Å². The number of oxazole rings is 4. The Balaban J connectivity index is 0.966. The lowest BCUT2D eigenvalue weighted by molar-refractivity contribution is -0.140. The molecule has 6 heterocycles. The number of aliphatic hydroxyl groups excluding tert-OH is 1. The maximum atomic E-state index is 14.3. The van der Waals surface area contributed by atoms with Crippen molar-refractivity contribution >= 4 is 117 Å². The molecule has 0 saturated carbocycles. The van der Waals surface area contributed by atoms with Crippen LogP contribution in [0.4, 0.5) is 0 Å². The monoisotopic (exact) mass is 1610 g/mol. The lowest BCUT2D eigenvalue weighted by atomic mass is 9.97. The molecule has 0 aliphatic heterocycles. The Bertz CT molecular complexity index is 4520. The lowest BCUT2D eigenvalue weighted by Crippen LogP contribution is -2.51. The summed E-state index contributed by atoms with van der Waals surface area (Å²) in [6.45, 7) is 31.9. The molecule has 0 aliphatic carbocycles. The summed E-state index contributed by atoms with van der Waals surface area (Å²) in [7, 11) is 0. The van der Waals surface area contributed by atoms with Gasteiger partial charge in [-0.1, -0.05) is 88.8 Å². The molecule has 113 heavy (non-hydrogen) atoms. The Morgan fingerprint density at radius 1 is 0.504 bits per heavy atom. The molecule has 0 aromatic carbocycles. The van der Waals surface area contributed by atoms with E-state index in [0.717, 1.165) is 28.9 Å². The summed E-state index contributed by atoms with van der Waals surface area (Å²) in [4.78, 5) is 210. The number of aromatic nitrogens is 6. The molecule has 0 spiro atoms. The first-order valence-electron chi connectivity index (χ1n) is 35.9. The van der Waals surface area contributed by atoms with Crippen LogP contribution in [0.25, 0.3) is 11.4 Å². The van der Waals surface area contributed by atoms with E-state index in [4.69, 9.17) is 17.7 Å². The predicted molar refractivity (Wildman–Crippen MR) is 405 cm³/mol. The van der Waals surface area contributed by atoms with Crippen molar-refractivity contribution in [3.8, 4) is 0 Å². The van der Waals surface area contributed by atoms with Crippen molar-refractivity contribution in [3.05, 3.63) is 115 Å². The van der Waals surface area contributed by atoms with Gasteiger partial charge in [0, 0.05) is 17.7 Å². The standard InChI is InChI=1S/C72H97N19O20S2/c1-19-33(10)53(89-67(105)56-40(17)111-70(91-56)37(14)79-63(101)51(31(6)7)87-66(104)55-39(16)110-69(90-55)36(13)76-41(18)93)64(102)82-43(21-30(4)5)71-85-47(28-113-71)61(99)83-44(25-92)58(96)74-22-48(94)73-23-49-86-54(38(15)109-49)65(103)81-42(20-29(2)3)59(97)78-35(12)68-84-45(26-108-68)60(98)77-34(11)57(95)75-24-50-80-46(27-112-50)62(100)88-52(32(8)9)72(106)107/h26-34,36,42-44,51-53,92H,12,14,19-25H2,1-11,13,15-18H3,(H,73,94)(H,74,96)(H,75,95)(H,76,93)(H,77,98)(H,78,97)(H,79,101)(H,81,103)(H,82,102)(H,83,99)(H,87,104)(H,88,100)(H,89,105)(H,106,107)/t33-,34-,36+,42-,43-,44-,51-,52-,53-/m0/s1. The quantitative estimate of drug-likeness (QED) is 0.0262. The molecule has 612 valence electrons. The average Bonchev–Trinajstić information content (AvgIpc) is 1.72. The molecule has 9 atom stereocenters. The van der Waals surface area contributed by atoms with E-state index < -0.39 is 156 Å². The molecule has 0 unspecified atom stereocenters. The molecule has 0 bridgehead atoms. The first-order chi connectivity index (χ1) is 53.1. The van der Waals surface area contributed by atoms with E-state index in [2.05, 4.69) is 112 Å². The molecule has 15 N–H and O–H groups in total. The zero-order valence-corrected chi connectivity index (χ0v) is 67.0. The van der Waals surface area contributed by atoms with Crippen LogP contribution in [0.1, 0.15) is 235 Å². The lowest BCUT2D eigenvalue weighted by Gasteiger charge is -2.26. The molecule has 0 saturated heterocycles. The second kappa shape index (κ2) is 40.9. The fourth-order valence-corrected chi connectivity index (χ4v) is 12.2. The van der Waals surface area contributed by atoms with E-state index >= 15 is 0 Å². The van der Waals surface area contributed by atoms with Crippen LogP contribution in [0.15, 0.2) is 47.8 Å². The van der Waals surface area contributed by atoms with Crippen LogP contribution in [0, 0.1) is 50.4 Å². The Labute approximate surface area is 657 Å². The number of nitrogens with zero attached hydrogens (tertiary/aromatic N) is 6. The maximum absolute atomic E-state index is 14.3. The first kappa shape index (κ1) is 90.0. The third-order valence-corrected chi connectivity index (χ3v) is 18.7. The third kappa shape index (κ3) is 25.6.